The third-order valence-corrected chi connectivity index (χ3v) is 3.77. The van der Waals surface area contributed by atoms with Crippen LogP contribution in [0.4, 0.5) is 5.69 Å². The Labute approximate surface area is 106 Å². The number of benzene rings is 1. The van der Waals surface area contributed by atoms with E-state index in [0.717, 1.165) is 23.6 Å². The smallest absolute Gasteiger partial charge is 0.182 e. The van der Waals surface area contributed by atoms with E-state index in [-0.39, 0.29) is 0 Å². The van der Waals surface area contributed by atoms with Crippen LogP contribution in [-0.2, 0) is 6.54 Å². The zero-order valence-electron chi connectivity index (χ0n) is 10.5. The highest BCUT2D eigenvalue weighted by Gasteiger charge is 2.33. The van der Waals surface area contributed by atoms with Gasteiger partial charge in [0.25, 0.3) is 0 Å². The minimum atomic E-state index is 0.352. The Morgan fingerprint density at radius 3 is 2.89 bits per heavy atom. The fourth-order valence-electron chi connectivity index (χ4n) is 2.50. The van der Waals surface area contributed by atoms with Gasteiger partial charge in [-0.25, -0.2) is 4.68 Å². The van der Waals surface area contributed by atoms with Crippen LogP contribution < -0.4 is 5.73 Å². The van der Waals surface area contributed by atoms with E-state index in [9.17, 15) is 0 Å². The molecule has 1 saturated carbocycles. The molecule has 18 heavy (non-hydrogen) atoms. The first-order valence-electron chi connectivity index (χ1n) is 6.28. The molecule has 5 heteroatoms. The lowest BCUT2D eigenvalue weighted by molar-refractivity contribution is 0.126. The summed E-state index contributed by atoms with van der Waals surface area (Å²) in [5, 5.41) is 12.0. The van der Waals surface area contributed by atoms with Crippen LogP contribution in [0.25, 0.3) is 11.4 Å². The van der Waals surface area contributed by atoms with Gasteiger partial charge < -0.3 is 5.73 Å². The van der Waals surface area contributed by atoms with E-state index in [4.69, 9.17) is 5.73 Å². The number of tetrazole rings is 1. The van der Waals surface area contributed by atoms with Crippen molar-refractivity contribution in [3.05, 3.63) is 24.3 Å². The lowest BCUT2D eigenvalue weighted by Crippen LogP contribution is -2.31. The number of aromatic nitrogens is 4. The van der Waals surface area contributed by atoms with Gasteiger partial charge in [0.1, 0.15) is 0 Å². The molecule has 0 unspecified atom stereocenters. The molecule has 0 saturated heterocycles. The molecule has 0 amide bonds. The zero-order chi connectivity index (χ0) is 12.6. The van der Waals surface area contributed by atoms with E-state index in [0.29, 0.717) is 5.41 Å². The van der Waals surface area contributed by atoms with Gasteiger partial charge in [0.15, 0.2) is 5.82 Å². The summed E-state index contributed by atoms with van der Waals surface area (Å²) in [6.07, 6.45) is 3.82. The van der Waals surface area contributed by atoms with Crippen LogP contribution in [0.5, 0.6) is 0 Å². The van der Waals surface area contributed by atoms with E-state index in [2.05, 4.69) is 22.4 Å². The zero-order valence-corrected chi connectivity index (χ0v) is 10.5. The second kappa shape index (κ2) is 4.08. The van der Waals surface area contributed by atoms with Gasteiger partial charge in [-0.05, 0) is 40.8 Å². The summed E-state index contributed by atoms with van der Waals surface area (Å²) in [7, 11) is 0. The second-order valence-electron chi connectivity index (χ2n) is 5.45. The lowest BCUT2D eigenvalue weighted by atomic mass is 9.70. The summed E-state index contributed by atoms with van der Waals surface area (Å²) >= 11 is 0. The molecule has 1 aromatic heterocycles. The summed E-state index contributed by atoms with van der Waals surface area (Å²) < 4.78 is 1.90. The first-order valence-corrected chi connectivity index (χ1v) is 6.28. The highest BCUT2D eigenvalue weighted by molar-refractivity contribution is 5.60. The summed E-state index contributed by atoms with van der Waals surface area (Å²) in [6.45, 7) is 3.17. The number of nitrogens with zero attached hydrogens (tertiary/aromatic N) is 4. The normalized spacial score (nSPS) is 17.4. The minimum absolute atomic E-state index is 0.352. The van der Waals surface area contributed by atoms with E-state index in [1.54, 1.807) is 0 Å². The number of anilines is 1. The van der Waals surface area contributed by atoms with E-state index in [1.807, 2.05) is 28.9 Å². The first kappa shape index (κ1) is 11.2. The Kier molecular flexibility index (Phi) is 2.54. The van der Waals surface area contributed by atoms with Crippen LogP contribution in [-0.4, -0.2) is 20.2 Å². The molecule has 1 heterocycles. The largest absolute Gasteiger partial charge is 0.399 e. The minimum Gasteiger partial charge on any atom is -0.399 e. The van der Waals surface area contributed by atoms with Gasteiger partial charge in [-0.15, -0.1) is 5.10 Å². The SMILES string of the molecule is CC1(Cn2nnnc2-c2cccc(N)c2)CCC1. The van der Waals surface area contributed by atoms with Gasteiger partial charge in [0.05, 0.1) is 6.54 Å². The van der Waals surface area contributed by atoms with Crippen molar-refractivity contribution < 1.29 is 0 Å². The van der Waals surface area contributed by atoms with Crippen LogP contribution in [0.2, 0.25) is 0 Å². The first-order chi connectivity index (χ1) is 8.66. The van der Waals surface area contributed by atoms with Gasteiger partial charge in [-0.3, -0.25) is 0 Å². The quantitative estimate of drug-likeness (QED) is 0.838. The lowest BCUT2D eigenvalue weighted by Gasteiger charge is -2.38. The average Bonchev–Trinajstić information content (AvgIpc) is 2.75. The van der Waals surface area contributed by atoms with Crippen LogP contribution in [0.15, 0.2) is 24.3 Å². The van der Waals surface area contributed by atoms with E-state index < -0.39 is 0 Å². The number of hydrogen-bond donors (Lipinski definition) is 1. The van der Waals surface area contributed by atoms with E-state index >= 15 is 0 Å². The summed E-state index contributed by atoms with van der Waals surface area (Å²) in [5.74, 6) is 0.801. The van der Waals surface area contributed by atoms with Crippen molar-refractivity contribution in [3.8, 4) is 11.4 Å². The molecule has 1 aliphatic carbocycles. The monoisotopic (exact) mass is 243 g/mol. The fourth-order valence-corrected chi connectivity index (χ4v) is 2.50. The van der Waals surface area contributed by atoms with Crippen molar-refractivity contribution >= 4 is 5.69 Å². The van der Waals surface area contributed by atoms with Crippen molar-refractivity contribution in [3.63, 3.8) is 0 Å². The predicted molar refractivity (Wildman–Crippen MR) is 69.6 cm³/mol. The van der Waals surface area contributed by atoms with Crippen LogP contribution in [0, 0.1) is 5.41 Å². The van der Waals surface area contributed by atoms with Crippen molar-refractivity contribution in [2.75, 3.05) is 5.73 Å². The van der Waals surface area contributed by atoms with Gasteiger partial charge >= 0.3 is 0 Å². The average molecular weight is 243 g/mol. The van der Waals surface area contributed by atoms with Crippen molar-refractivity contribution in [1.29, 1.82) is 0 Å². The van der Waals surface area contributed by atoms with Gasteiger partial charge in [0.2, 0.25) is 0 Å². The van der Waals surface area contributed by atoms with Crippen LogP contribution >= 0.6 is 0 Å². The number of nitrogen functional groups attached to an aromatic ring is 1. The molecule has 1 aliphatic rings. The standard InChI is InChI=1S/C13H17N5/c1-13(6-3-7-13)9-18-12(15-16-17-18)10-4-2-5-11(14)8-10/h2,4-5,8H,3,6-7,9,14H2,1H3. The maximum absolute atomic E-state index is 5.80. The van der Waals surface area contributed by atoms with Crippen LogP contribution in [0.3, 0.4) is 0 Å². The Balaban J connectivity index is 1.91. The second-order valence-corrected chi connectivity index (χ2v) is 5.45. The fraction of sp³-hybridized carbons (Fsp3) is 0.462. The Hall–Kier alpha value is -1.91. The third-order valence-electron chi connectivity index (χ3n) is 3.77. The van der Waals surface area contributed by atoms with Gasteiger partial charge in [-0.2, -0.15) is 0 Å². The molecule has 0 radical (unpaired) electrons. The molecule has 94 valence electrons. The maximum atomic E-state index is 5.80. The predicted octanol–water partition coefficient (Wildman–Crippen LogP) is 2.11. The Morgan fingerprint density at radius 1 is 1.39 bits per heavy atom. The Bertz CT molecular complexity index is 556. The highest BCUT2D eigenvalue weighted by Crippen LogP contribution is 2.42. The number of hydrogen-bond acceptors (Lipinski definition) is 4. The molecule has 0 spiro atoms. The van der Waals surface area contributed by atoms with E-state index in [1.165, 1.54) is 19.3 Å². The van der Waals surface area contributed by atoms with Crippen LogP contribution in [0.1, 0.15) is 26.2 Å². The van der Waals surface area contributed by atoms with Crippen molar-refractivity contribution in [2.24, 2.45) is 5.41 Å². The maximum Gasteiger partial charge on any atom is 0.182 e. The molecule has 0 atom stereocenters. The molecule has 5 nitrogen and oxygen atoms in total. The molecule has 0 bridgehead atoms. The summed E-state index contributed by atoms with van der Waals surface area (Å²) in [4.78, 5) is 0. The molecule has 2 N–H and O–H groups in total. The van der Waals surface area contributed by atoms with Crippen molar-refractivity contribution in [1.82, 2.24) is 20.2 Å². The summed E-state index contributed by atoms with van der Waals surface area (Å²) in [5.41, 5.74) is 7.86. The summed E-state index contributed by atoms with van der Waals surface area (Å²) in [6, 6.07) is 7.69. The molecule has 3 rings (SSSR count). The molecular formula is C13H17N5. The number of rotatable bonds is 3. The van der Waals surface area contributed by atoms with Crippen molar-refractivity contribution in [2.45, 2.75) is 32.7 Å². The van der Waals surface area contributed by atoms with Gasteiger partial charge in [0, 0.05) is 11.3 Å². The molecule has 1 fully saturated rings. The van der Waals surface area contributed by atoms with Gasteiger partial charge in [-0.1, -0.05) is 25.5 Å². The molecule has 1 aromatic carbocycles. The molecular weight excluding hydrogens is 226 g/mol. The number of nitrogens with two attached hydrogens (primary N) is 1. The third kappa shape index (κ3) is 1.96. The topological polar surface area (TPSA) is 69.6 Å². The molecule has 2 aromatic rings. The molecule has 0 aliphatic heterocycles. The Morgan fingerprint density at radius 2 is 2.22 bits per heavy atom. The highest BCUT2D eigenvalue weighted by atomic mass is 15.5.